The van der Waals surface area contributed by atoms with Crippen LogP contribution in [-0.2, 0) is 9.53 Å². The highest BCUT2D eigenvalue weighted by Gasteiger charge is 2.33. The molecule has 1 unspecified atom stereocenters. The highest BCUT2D eigenvalue weighted by atomic mass is 16.5. The Morgan fingerprint density at radius 1 is 1.38 bits per heavy atom. The molecule has 130 valence electrons. The largest absolute Gasteiger partial charge is 0.504 e. The number of ether oxygens (including phenoxy) is 2. The average Bonchev–Trinajstić information content (AvgIpc) is 2.48. The van der Waals surface area contributed by atoms with Crippen LogP contribution in [0, 0.1) is 0 Å². The van der Waals surface area contributed by atoms with E-state index >= 15 is 0 Å². The number of allylic oxidation sites excluding steroid dienone is 1. The predicted molar refractivity (Wildman–Crippen MR) is 87.6 cm³/mol. The van der Waals surface area contributed by atoms with Crippen molar-refractivity contribution in [3.05, 3.63) is 35.0 Å². The summed E-state index contributed by atoms with van der Waals surface area (Å²) in [5.74, 6) is -0.226. The van der Waals surface area contributed by atoms with Crippen LogP contribution in [0.25, 0.3) is 0 Å². The van der Waals surface area contributed by atoms with Crippen LogP contribution < -0.4 is 15.4 Å². The molecule has 1 atom stereocenters. The zero-order chi connectivity index (χ0) is 17.9. The molecule has 3 N–H and O–H groups in total. The maximum absolute atomic E-state index is 12.4. The van der Waals surface area contributed by atoms with E-state index in [1.54, 1.807) is 39.8 Å². The number of benzene rings is 1. The molecule has 24 heavy (non-hydrogen) atoms. The van der Waals surface area contributed by atoms with Crippen molar-refractivity contribution in [2.75, 3.05) is 6.61 Å². The van der Waals surface area contributed by atoms with Crippen molar-refractivity contribution in [1.29, 1.82) is 0 Å². The summed E-state index contributed by atoms with van der Waals surface area (Å²) in [6.45, 7) is 7.34. The molecule has 1 aliphatic heterocycles. The Hall–Kier alpha value is -2.70. The summed E-state index contributed by atoms with van der Waals surface area (Å²) in [5.41, 5.74) is 1.36. The summed E-state index contributed by atoms with van der Waals surface area (Å²) in [4.78, 5) is 24.3. The molecule has 7 nitrogen and oxygen atoms in total. The highest BCUT2D eigenvalue weighted by molar-refractivity contribution is 5.95. The summed E-state index contributed by atoms with van der Waals surface area (Å²) in [6, 6.07) is 3.60. The SMILES string of the molecule is CCOc1cc(C2NC(=O)NC(C)=C2C(=O)OC(C)C)ccc1O. The minimum atomic E-state index is -0.690. The Labute approximate surface area is 140 Å². The normalized spacial score (nSPS) is 17.4. The molecule has 0 saturated heterocycles. The fourth-order valence-corrected chi connectivity index (χ4v) is 2.47. The van der Waals surface area contributed by atoms with Crippen molar-refractivity contribution in [3.63, 3.8) is 0 Å². The van der Waals surface area contributed by atoms with Gasteiger partial charge in [0.05, 0.1) is 24.3 Å². The number of amides is 2. The van der Waals surface area contributed by atoms with Crippen molar-refractivity contribution in [2.45, 2.75) is 39.8 Å². The van der Waals surface area contributed by atoms with E-state index in [2.05, 4.69) is 10.6 Å². The molecule has 0 saturated carbocycles. The van der Waals surface area contributed by atoms with Gasteiger partial charge < -0.3 is 25.2 Å². The van der Waals surface area contributed by atoms with Crippen LogP contribution in [-0.4, -0.2) is 29.8 Å². The predicted octanol–water partition coefficient (Wildman–Crippen LogP) is 2.37. The number of phenols is 1. The number of urea groups is 1. The molecular formula is C17H22N2O5. The van der Waals surface area contributed by atoms with Gasteiger partial charge in [-0.25, -0.2) is 9.59 Å². The lowest BCUT2D eigenvalue weighted by molar-refractivity contribution is -0.143. The molecule has 1 aromatic carbocycles. The molecule has 1 aromatic rings. The minimum absolute atomic E-state index is 0.00660. The van der Waals surface area contributed by atoms with Gasteiger partial charge in [0.25, 0.3) is 0 Å². The van der Waals surface area contributed by atoms with Crippen molar-refractivity contribution in [3.8, 4) is 11.5 Å². The molecule has 7 heteroatoms. The first-order valence-electron chi connectivity index (χ1n) is 7.78. The number of hydrogen-bond donors (Lipinski definition) is 3. The third-order valence-electron chi connectivity index (χ3n) is 3.45. The fraction of sp³-hybridized carbons (Fsp3) is 0.412. The highest BCUT2D eigenvalue weighted by Crippen LogP contribution is 2.34. The number of aromatic hydroxyl groups is 1. The van der Waals surface area contributed by atoms with Crippen molar-refractivity contribution in [1.82, 2.24) is 10.6 Å². The minimum Gasteiger partial charge on any atom is -0.504 e. The number of nitrogens with one attached hydrogen (secondary N) is 2. The Kier molecular flexibility index (Phi) is 5.33. The standard InChI is InChI=1S/C17H22N2O5/c1-5-23-13-8-11(6-7-12(13)20)15-14(16(21)24-9(2)3)10(4)18-17(22)19-15/h6-9,15,20H,5H2,1-4H3,(H2,18,19,22). The third kappa shape index (κ3) is 3.79. The van der Waals surface area contributed by atoms with Gasteiger partial charge in [0, 0.05) is 5.70 Å². The lowest BCUT2D eigenvalue weighted by Crippen LogP contribution is -2.45. The average molecular weight is 334 g/mol. The molecule has 0 radical (unpaired) electrons. The summed E-state index contributed by atoms with van der Waals surface area (Å²) in [5, 5.41) is 15.1. The summed E-state index contributed by atoms with van der Waals surface area (Å²) in [7, 11) is 0. The van der Waals surface area contributed by atoms with Gasteiger partial charge in [-0.2, -0.15) is 0 Å². The molecule has 2 rings (SSSR count). The Morgan fingerprint density at radius 3 is 2.71 bits per heavy atom. The maximum Gasteiger partial charge on any atom is 0.338 e. The van der Waals surface area contributed by atoms with Crippen LogP contribution in [0.3, 0.4) is 0 Å². The van der Waals surface area contributed by atoms with Crippen LogP contribution in [0.15, 0.2) is 29.5 Å². The molecule has 1 heterocycles. The maximum atomic E-state index is 12.4. The second-order valence-corrected chi connectivity index (χ2v) is 5.68. The summed E-state index contributed by atoms with van der Waals surface area (Å²) < 4.78 is 10.7. The number of phenolic OH excluding ortho intramolecular Hbond substituents is 1. The lowest BCUT2D eigenvalue weighted by Gasteiger charge is -2.28. The topological polar surface area (TPSA) is 96.9 Å². The Morgan fingerprint density at radius 2 is 2.08 bits per heavy atom. The zero-order valence-corrected chi connectivity index (χ0v) is 14.2. The quantitative estimate of drug-likeness (QED) is 0.718. The number of rotatable bonds is 5. The Bertz CT molecular complexity index is 682. The van der Waals surface area contributed by atoms with Gasteiger partial charge in [-0.1, -0.05) is 6.07 Å². The van der Waals surface area contributed by atoms with Crippen LogP contribution in [0.1, 0.15) is 39.3 Å². The van der Waals surface area contributed by atoms with Gasteiger partial charge in [-0.15, -0.1) is 0 Å². The van der Waals surface area contributed by atoms with Crippen molar-refractivity contribution >= 4 is 12.0 Å². The van der Waals surface area contributed by atoms with Crippen LogP contribution in [0.4, 0.5) is 4.79 Å². The van der Waals surface area contributed by atoms with E-state index in [1.807, 2.05) is 0 Å². The number of esters is 1. The van der Waals surface area contributed by atoms with E-state index < -0.39 is 18.0 Å². The van der Waals surface area contributed by atoms with Gasteiger partial charge >= 0.3 is 12.0 Å². The smallest absolute Gasteiger partial charge is 0.338 e. The van der Waals surface area contributed by atoms with Gasteiger partial charge in [0.2, 0.25) is 0 Å². The van der Waals surface area contributed by atoms with E-state index in [4.69, 9.17) is 9.47 Å². The van der Waals surface area contributed by atoms with Gasteiger partial charge in [-0.05, 0) is 45.4 Å². The monoisotopic (exact) mass is 334 g/mol. The number of carbonyl (C=O) groups excluding carboxylic acids is 2. The van der Waals surface area contributed by atoms with Crippen LogP contribution in [0.2, 0.25) is 0 Å². The van der Waals surface area contributed by atoms with E-state index in [1.165, 1.54) is 6.07 Å². The molecule has 0 bridgehead atoms. The first-order valence-corrected chi connectivity index (χ1v) is 7.78. The van der Waals surface area contributed by atoms with E-state index in [0.29, 0.717) is 23.4 Å². The van der Waals surface area contributed by atoms with Gasteiger partial charge in [0.15, 0.2) is 11.5 Å². The number of carbonyl (C=O) groups is 2. The molecule has 0 spiro atoms. The summed E-state index contributed by atoms with van der Waals surface area (Å²) >= 11 is 0. The molecule has 0 fully saturated rings. The number of hydrogen-bond acceptors (Lipinski definition) is 5. The second kappa shape index (κ2) is 7.25. The first-order chi connectivity index (χ1) is 11.3. The van der Waals surface area contributed by atoms with Crippen molar-refractivity contribution < 1.29 is 24.2 Å². The molecule has 0 aliphatic carbocycles. The zero-order valence-electron chi connectivity index (χ0n) is 14.2. The van der Waals surface area contributed by atoms with E-state index in [9.17, 15) is 14.7 Å². The van der Waals surface area contributed by atoms with E-state index in [-0.39, 0.29) is 17.6 Å². The van der Waals surface area contributed by atoms with E-state index in [0.717, 1.165) is 0 Å². The van der Waals surface area contributed by atoms with Gasteiger partial charge in [-0.3, -0.25) is 0 Å². The fourth-order valence-electron chi connectivity index (χ4n) is 2.47. The lowest BCUT2D eigenvalue weighted by atomic mass is 9.95. The van der Waals surface area contributed by atoms with Crippen LogP contribution >= 0.6 is 0 Å². The van der Waals surface area contributed by atoms with Crippen LogP contribution in [0.5, 0.6) is 11.5 Å². The first kappa shape index (κ1) is 17.7. The second-order valence-electron chi connectivity index (χ2n) is 5.68. The third-order valence-corrected chi connectivity index (χ3v) is 3.45. The molecule has 2 amide bonds. The Balaban J connectivity index is 2.45. The molecule has 0 aromatic heterocycles. The van der Waals surface area contributed by atoms with Gasteiger partial charge in [0.1, 0.15) is 0 Å². The summed E-state index contributed by atoms with van der Waals surface area (Å²) in [6.07, 6.45) is -0.283. The molecular weight excluding hydrogens is 312 g/mol. The van der Waals surface area contributed by atoms with Crippen molar-refractivity contribution in [2.24, 2.45) is 0 Å². The molecule has 1 aliphatic rings.